The maximum Gasteiger partial charge on any atom is 0.234 e. The molecule has 3 N–H and O–H groups in total. The Bertz CT molecular complexity index is 1480. The average Bonchev–Trinajstić information content (AvgIpc) is 3.57. The van der Waals surface area contributed by atoms with Crippen LogP contribution < -0.4 is 15.8 Å². The Morgan fingerprint density at radius 3 is 2.91 bits per heavy atom. The summed E-state index contributed by atoms with van der Waals surface area (Å²) in [7, 11) is 0. The van der Waals surface area contributed by atoms with Crippen molar-refractivity contribution in [2.75, 3.05) is 5.32 Å². The minimum Gasteiger partial charge on any atom is -0.460 e. The number of anilines is 2. The largest absolute Gasteiger partial charge is 0.460 e. The van der Waals surface area contributed by atoms with Crippen LogP contribution in [0, 0.1) is 41.2 Å². The van der Waals surface area contributed by atoms with Crippen molar-refractivity contribution in [2.24, 2.45) is 16.6 Å². The standard InChI is InChI=1S/C24H19F2N7OS/c1-4-12(2)34-18-10-30-20-16(32-18)5-6-29-21(20)31-13-7-14(19(26)15(25)8-13)23(3)17-9-24(17,11-27)35-22(28)33-23/h1,5-8,10,12,17H,9H2,2-3H3,(H2,28,33)(H,29,31)/t12-,17-,23+,24+/m0/s1. The third-order valence-corrected chi connectivity index (χ3v) is 7.42. The Balaban J connectivity index is 1.53. The van der Waals surface area contributed by atoms with E-state index in [2.05, 4.69) is 37.3 Å². The molecule has 0 unspecified atom stereocenters. The van der Waals surface area contributed by atoms with E-state index in [-0.39, 0.29) is 34.0 Å². The Hall–Kier alpha value is -3.96. The number of halogens is 2. The van der Waals surface area contributed by atoms with E-state index in [1.54, 1.807) is 19.9 Å². The van der Waals surface area contributed by atoms with Crippen LogP contribution in [0.3, 0.4) is 0 Å². The van der Waals surface area contributed by atoms with Gasteiger partial charge in [-0.05, 0) is 32.4 Å². The number of nitrogens with one attached hydrogen (secondary N) is 1. The number of fused-ring (bicyclic) bond motifs is 2. The summed E-state index contributed by atoms with van der Waals surface area (Å²) in [6.07, 6.45) is 8.26. The van der Waals surface area contributed by atoms with Crippen LogP contribution in [0.15, 0.2) is 35.6 Å². The highest BCUT2D eigenvalue weighted by atomic mass is 32.2. The molecule has 35 heavy (non-hydrogen) atoms. The van der Waals surface area contributed by atoms with Gasteiger partial charge in [-0.1, -0.05) is 17.7 Å². The number of aliphatic imine (C=N–C) groups is 1. The second-order valence-electron chi connectivity index (χ2n) is 8.56. The Kier molecular flexibility index (Phi) is 5.26. The van der Waals surface area contributed by atoms with Crippen molar-refractivity contribution in [1.29, 1.82) is 5.26 Å². The zero-order chi connectivity index (χ0) is 25.0. The molecule has 1 fully saturated rings. The fourth-order valence-electron chi connectivity index (χ4n) is 4.38. The first-order valence-corrected chi connectivity index (χ1v) is 11.5. The van der Waals surface area contributed by atoms with Crippen molar-refractivity contribution in [3.8, 4) is 24.3 Å². The number of hydrogen-bond donors (Lipinski definition) is 2. The number of aromatic nitrogens is 3. The van der Waals surface area contributed by atoms with Gasteiger partial charge in [0.05, 0.1) is 23.3 Å². The Labute approximate surface area is 204 Å². The summed E-state index contributed by atoms with van der Waals surface area (Å²) < 4.78 is 34.5. The number of rotatable bonds is 5. The SMILES string of the molecule is C#C[C@H](C)Oc1cnc2c(Nc3cc(F)c(F)c([C@@]4(C)N=C(N)S[C@@]5(C#N)C[C@H]54)c3)nccc2n1. The second-order valence-corrected chi connectivity index (χ2v) is 9.92. The monoisotopic (exact) mass is 491 g/mol. The van der Waals surface area contributed by atoms with E-state index in [9.17, 15) is 9.65 Å². The van der Waals surface area contributed by atoms with Crippen LogP contribution >= 0.6 is 11.8 Å². The molecule has 1 aliphatic carbocycles. The van der Waals surface area contributed by atoms with Crippen molar-refractivity contribution < 1.29 is 13.5 Å². The minimum atomic E-state index is -1.19. The molecule has 8 nitrogen and oxygen atoms in total. The topological polar surface area (TPSA) is 122 Å². The number of ether oxygens (including phenoxy) is 1. The van der Waals surface area contributed by atoms with Crippen molar-refractivity contribution in [3.05, 3.63) is 47.8 Å². The summed E-state index contributed by atoms with van der Waals surface area (Å²) in [5.74, 6) is 0.589. The summed E-state index contributed by atoms with van der Waals surface area (Å²) in [5.41, 5.74) is 5.89. The van der Waals surface area contributed by atoms with Crippen molar-refractivity contribution in [3.63, 3.8) is 0 Å². The number of nitrogens with zero attached hydrogens (tertiary/aromatic N) is 5. The first kappa shape index (κ1) is 22.8. The lowest BCUT2D eigenvalue weighted by molar-refractivity contribution is 0.268. The van der Waals surface area contributed by atoms with Crippen LogP contribution in [-0.2, 0) is 5.54 Å². The lowest BCUT2D eigenvalue weighted by Crippen LogP contribution is -2.35. The average molecular weight is 492 g/mol. The molecule has 4 atom stereocenters. The maximum absolute atomic E-state index is 15.1. The summed E-state index contributed by atoms with van der Waals surface area (Å²) in [4.78, 5) is 17.5. The normalized spacial score (nSPS) is 25.5. The molecule has 176 valence electrons. The second kappa shape index (κ2) is 8.07. The molecule has 3 heterocycles. The van der Waals surface area contributed by atoms with Gasteiger partial charge in [0.25, 0.3) is 0 Å². The van der Waals surface area contributed by atoms with Crippen LogP contribution in [-0.4, -0.2) is 31.0 Å². The van der Waals surface area contributed by atoms with Gasteiger partial charge in [0.15, 0.2) is 28.7 Å². The fraction of sp³-hybridized carbons (Fsp3) is 0.292. The van der Waals surface area contributed by atoms with Gasteiger partial charge < -0.3 is 15.8 Å². The summed E-state index contributed by atoms with van der Waals surface area (Å²) >= 11 is 1.17. The van der Waals surface area contributed by atoms with Crippen LogP contribution in [0.2, 0.25) is 0 Å². The first-order chi connectivity index (χ1) is 16.7. The predicted octanol–water partition coefficient (Wildman–Crippen LogP) is 4.01. The predicted molar refractivity (Wildman–Crippen MR) is 129 cm³/mol. The zero-order valence-corrected chi connectivity index (χ0v) is 19.5. The highest BCUT2D eigenvalue weighted by Gasteiger charge is 2.67. The smallest absolute Gasteiger partial charge is 0.234 e. The molecule has 0 bridgehead atoms. The van der Waals surface area contributed by atoms with Gasteiger partial charge in [0.1, 0.15) is 10.3 Å². The van der Waals surface area contributed by atoms with Crippen LogP contribution in [0.4, 0.5) is 20.3 Å². The van der Waals surface area contributed by atoms with E-state index in [0.717, 1.165) is 6.07 Å². The molecular formula is C24H19F2N7OS. The summed E-state index contributed by atoms with van der Waals surface area (Å²) in [6.45, 7) is 3.38. The molecule has 1 aromatic carbocycles. The zero-order valence-electron chi connectivity index (χ0n) is 18.7. The number of hydrogen-bond acceptors (Lipinski definition) is 9. The van der Waals surface area contributed by atoms with E-state index in [0.29, 0.717) is 17.5 Å². The number of terminal acetylenes is 1. The molecule has 2 aliphatic rings. The Morgan fingerprint density at radius 2 is 2.17 bits per heavy atom. The third kappa shape index (κ3) is 3.78. The molecule has 2 aromatic heterocycles. The number of benzene rings is 1. The van der Waals surface area contributed by atoms with E-state index < -0.39 is 28.0 Å². The highest BCUT2D eigenvalue weighted by Crippen LogP contribution is 2.65. The van der Waals surface area contributed by atoms with Crippen molar-refractivity contribution in [1.82, 2.24) is 15.0 Å². The van der Waals surface area contributed by atoms with Gasteiger partial charge in [-0.2, -0.15) is 5.26 Å². The van der Waals surface area contributed by atoms with Gasteiger partial charge in [0, 0.05) is 29.4 Å². The van der Waals surface area contributed by atoms with E-state index in [1.807, 2.05) is 0 Å². The van der Waals surface area contributed by atoms with Crippen molar-refractivity contribution in [2.45, 2.75) is 36.7 Å². The highest BCUT2D eigenvalue weighted by molar-refractivity contribution is 8.15. The lowest BCUT2D eigenvalue weighted by Gasteiger charge is -2.32. The van der Waals surface area contributed by atoms with E-state index in [4.69, 9.17) is 16.9 Å². The molecule has 0 saturated heterocycles. The fourth-order valence-corrected chi connectivity index (χ4v) is 5.65. The van der Waals surface area contributed by atoms with Gasteiger partial charge in [0.2, 0.25) is 5.88 Å². The number of nitriles is 1. The maximum atomic E-state index is 15.1. The van der Waals surface area contributed by atoms with E-state index in [1.165, 1.54) is 30.2 Å². The van der Waals surface area contributed by atoms with Crippen LogP contribution in [0.1, 0.15) is 25.8 Å². The van der Waals surface area contributed by atoms with Gasteiger partial charge in [-0.15, -0.1) is 6.42 Å². The number of pyridine rings is 1. The third-order valence-electron chi connectivity index (χ3n) is 6.21. The molecule has 1 aliphatic heterocycles. The molecule has 11 heteroatoms. The van der Waals surface area contributed by atoms with Crippen LogP contribution in [0.5, 0.6) is 5.88 Å². The van der Waals surface area contributed by atoms with Crippen LogP contribution in [0.25, 0.3) is 11.0 Å². The van der Waals surface area contributed by atoms with Gasteiger partial charge in [-0.3, -0.25) is 4.99 Å². The molecule has 5 rings (SSSR count). The molecule has 1 saturated carbocycles. The number of thioether (sulfide) groups is 1. The lowest BCUT2D eigenvalue weighted by atomic mass is 9.85. The number of amidine groups is 1. The van der Waals surface area contributed by atoms with Gasteiger partial charge in [-0.25, -0.2) is 23.7 Å². The quantitative estimate of drug-likeness (QED) is 0.514. The molecule has 0 radical (unpaired) electrons. The minimum absolute atomic E-state index is 0.00987. The summed E-state index contributed by atoms with van der Waals surface area (Å²) in [5, 5.41) is 12.8. The van der Waals surface area contributed by atoms with Gasteiger partial charge >= 0.3 is 0 Å². The summed E-state index contributed by atoms with van der Waals surface area (Å²) in [6, 6.07) is 6.39. The van der Waals surface area contributed by atoms with Crippen molar-refractivity contribution >= 4 is 39.5 Å². The first-order valence-electron chi connectivity index (χ1n) is 10.7. The molecular weight excluding hydrogens is 472 g/mol. The number of nitrogens with two attached hydrogens (primary N) is 1. The van der Waals surface area contributed by atoms with E-state index >= 15 is 4.39 Å². The molecule has 0 spiro atoms. The molecule has 0 amide bonds. The molecule has 3 aromatic rings. The Morgan fingerprint density at radius 1 is 1.37 bits per heavy atom.